The molecule has 20 heavy (non-hydrogen) atoms. The Morgan fingerprint density at radius 3 is 2.50 bits per heavy atom. The predicted octanol–water partition coefficient (Wildman–Crippen LogP) is 3.73. The number of carbonyl (C=O) groups excluding carboxylic acids is 1. The average Bonchev–Trinajstić information content (AvgIpc) is 2.49. The number of hydrogen-bond acceptors (Lipinski definition) is 2. The summed E-state index contributed by atoms with van der Waals surface area (Å²) in [5, 5.41) is 3.54. The van der Waals surface area contributed by atoms with Crippen molar-refractivity contribution >= 4 is 5.91 Å². The molecular formula is C17H34N2O. The number of hydrogen-bond donors (Lipinski definition) is 1. The summed E-state index contributed by atoms with van der Waals surface area (Å²) in [6, 6.07) is 0.525. The molecular weight excluding hydrogens is 248 g/mol. The number of unbranched alkanes of at least 4 members (excludes halogenated alkanes) is 5. The lowest BCUT2D eigenvalue weighted by atomic mass is 10.0. The molecule has 0 aromatic heterocycles. The van der Waals surface area contributed by atoms with Gasteiger partial charge in [-0.3, -0.25) is 4.79 Å². The Labute approximate surface area is 125 Å². The summed E-state index contributed by atoms with van der Waals surface area (Å²) < 4.78 is 0. The molecule has 0 bridgehead atoms. The first-order valence-corrected chi connectivity index (χ1v) is 8.79. The molecule has 0 saturated carbocycles. The maximum Gasteiger partial charge on any atom is 0.222 e. The van der Waals surface area contributed by atoms with Crippen molar-refractivity contribution in [2.45, 2.75) is 84.1 Å². The third-order valence-corrected chi connectivity index (χ3v) is 4.33. The van der Waals surface area contributed by atoms with E-state index < -0.39 is 0 Å². The molecule has 0 spiro atoms. The van der Waals surface area contributed by atoms with Gasteiger partial charge >= 0.3 is 0 Å². The summed E-state index contributed by atoms with van der Waals surface area (Å²) >= 11 is 0. The standard InChI is InChI=1S/C17H34N2O/c1-3-5-6-7-8-9-13-17(20)19(4-2)15-16-12-10-11-14-18-16/h16,18H,3-15H2,1-2H3. The van der Waals surface area contributed by atoms with Gasteiger partial charge in [0.2, 0.25) is 5.91 Å². The fourth-order valence-electron chi connectivity index (χ4n) is 2.97. The number of rotatable bonds is 10. The van der Waals surface area contributed by atoms with Gasteiger partial charge in [-0.1, -0.05) is 45.4 Å². The SMILES string of the molecule is CCCCCCCCC(=O)N(CC)CC1CCCCN1. The second-order valence-corrected chi connectivity index (χ2v) is 6.10. The van der Waals surface area contributed by atoms with Crippen LogP contribution in [0.2, 0.25) is 0 Å². The molecule has 0 radical (unpaired) electrons. The maximum absolute atomic E-state index is 12.2. The summed E-state index contributed by atoms with van der Waals surface area (Å²) in [5.74, 6) is 0.357. The lowest BCUT2D eigenvalue weighted by molar-refractivity contribution is -0.131. The zero-order valence-corrected chi connectivity index (χ0v) is 13.6. The first-order chi connectivity index (χ1) is 9.77. The third-order valence-electron chi connectivity index (χ3n) is 4.33. The maximum atomic E-state index is 12.2. The van der Waals surface area contributed by atoms with Crippen LogP contribution in [-0.2, 0) is 4.79 Å². The third kappa shape index (κ3) is 7.28. The summed E-state index contributed by atoms with van der Waals surface area (Å²) in [5.41, 5.74) is 0. The van der Waals surface area contributed by atoms with Crippen molar-refractivity contribution in [3.05, 3.63) is 0 Å². The van der Waals surface area contributed by atoms with Crippen LogP contribution >= 0.6 is 0 Å². The summed E-state index contributed by atoms with van der Waals surface area (Å²) in [7, 11) is 0. The first kappa shape index (κ1) is 17.5. The van der Waals surface area contributed by atoms with Gasteiger partial charge in [0.15, 0.2) is 0 Å². The molecule has 1 saturated heterocycles. The normalized spacial score (nSPS) is 19.0. The second-order valence-electron chi connectivity index (χ2n) is 6.10. The van der Waals surface area contributed by atoms with Gasteiger partial charge in [0.1, 0.15) is 0 Å². The Hall–Kier alpha value is -0.570. The average molecular weight is 282 g/mol. The molecule has 1 amide bonds. The topological polar surface area (TPSA) is 32.3 Å². The minimum atomic E-state index is 0.357. The molecule has 1 unspecified atom stereocenters. The second kappa shape index (κ2) is 11.1. The van der Waals surface area contributed by atoms with Crippen LogP contribution in [0, 0.1) is 0 Å². The van der Waals surface area contributed by atoms with Gasteiger partial charge in [0.25, 0.3) is 0 Å². The van der Waals surface area contributed by atoms with Crippen LogP contribution in [-0.4, -0.2) is 36.5 Å². The fraction of sp³-hybridized carbons (Fsp3) is 0.941. The number of nitrogens with zero attached hydrogens (tertiary/aromatic N) is 1. The largest absolute Gasteiger partial charge is 0.341 e. The van der Waals surface area contributed by atoms with Gasteiger partial charge in [-0.05, 0) is 32.7 Å². The van der Waals surface area contributed by atoms with Crippen LogP contribution in [0.3, 0.4) is 0 Å². The zero-order valence-electron chi connectivity index (χ0n) is 13.6. The lowest BCUT2D eigenvalue weighted by Gasteiger charge is -2.30. The summed E-state index contributed by atoms with van der Waals surface area (Å²) in [6.07, 6.45) is 12.1. The van der Waals surface area contributed by atoms with E-state index in [9.17, 15) is 4.79 Å². The highest BCUT2D eigenvalue weighted by molar-refractivity contribution is 5.76. The van der Waals surface area contributed by atoms with Gasteiger partial charge in [-0.25, -0.2) is 0 Å². The van der Waals surface area contributed by atoms with Crippen LogP contribution in [0.5, 0.6) is 0 Å². The zero-order chi connectivity index (χ0) is 14.6. The van der Waals surface area contributed by atoms with E-state index in [2.05, 4.69) is 24.1 Å². The minimum Gasteiger partial charge on any atom is -0.341 e. The Morgan fingerprint density at radius 1 is 1.10 bits per heavy atom. The molecule has 1 aliphatic rings. The van der Waals surface area contributed by atoms with E-state index in [1.54, 1.807) is 0 Å². The number of likely N-dealkylation sites (N-methyl/N-ethyl adjacent to an activating group) is 1. The van der Waals surface area contributed by atoms with E-state index in [0.717, 1.165) is 32.5 Å². The molecule has 1 heterocycles. The van der Waals surface area contributed by atoms with E-state index in [0.29, 0.717) is 11.9 Å². The molecule has 0 aromatic carbocycles. The molecule has 3 heteroatoms. The van der Waals surface area contributed by atoms with E-state index in [4.69, 9.17) is 0 Å². The van der Waals surface area contributed by atoms with Crippen molar-refractivity contribution in [1.29, 1.82) is 0 Å². The summed E-state index contributed by atoms with van der Waals surface area (Å²) in [6.45, 7) is 7.22. The van der Waals surface area contributed by atoms with Gasteiger partial charge in [-0.15, -0.1) is 0 Å². The number of piperidine rings is 1. The smallest absolute Gasteiger partial charge is 0.222 e. The monoisotopic (exact) mass is 282 g/mol. The van der Waals surface area contributed by atoms with Crippen LogP contribution in [0.4, 0.5) is 0 Å². The molecule has 1 N–H and O–H groups in total. The molecule has 1 rings (SSSR count). The Morgan fingerprint density at radius 2 is 1.85 bits per heavy atom. The van der Waals surface area contributed by atoms with Crippen molar-refractivity contribution in [3.63, 3.8) is 0 Å². The van der Waals surface area contributed by atoms with Gasteiger partial charge in [-0.2, -0.15) is 0 Å². The fourth-order valence-corrected chi connectivity index (χ4v) is 2.97. The summed E-state index contributed by atoms with van der Waals surface area (Å²) in [4.78, 5) is 14.3. The molecule has 118 valence electrons. The van der Waals surface area contributed by atoms with Crippen molar-refractivity contribution < 1.29 is 4.79 Å². The van der Waals surface area contributed by atoms with Gasteiger partial charge in [0, 0.05) is 25.6 Å². The Bertz CT molecular complexity index is 249. The van der Waals surface area contributed by atoms with Gasteiger partial charge in [0.05, 0.1) is 0 Å². The van der Waals surface area contributed by atoms with Crippen molar-refractivity contribution in [2.75, 3.05) is 19.6 Å². The van der Waals surface area contributed by atoms with Crippen LogP contribution in [0.1, 0.15) is 78.1 Å². The molecule has 0 aliphatic carbocycles. The predicted molar refractivity (Wildman–Crippen MR) is 85.9 cm³/mol. The number of amides is 1. The highest BCUT2D eigenvalue weighted by atomic mass is 16.2. The van der Waals surface area contributed by atoms with Crippen molar-refractivity contribution in [1.82, 2.24) is 10.2 Å². The molecule has 1 aliphatic heterocycles. The lowest BCUT2D eigenvalue weighted by Crippen LogP contribution is -2.45. The van der Waals surface area contributed by atoms with Crippen molar-refractivity contribution in [2.24, 2.45) is 0 Å². The molecule has 3 nitrogen and oxygen atoms in total. The minimum absolute atomic E-state index is 0.357. The number of nitrogens with one attached hydrogen (secondary N) is 1. The van der Waals surface area contributed by atoms with Crippen LogP contribution in [0.15, 0.2) is 0 Å². The Balaban J connectivity index is 2.14. The van der Waals surface area contributed by atoms with E-state index in [1.807, 2.05) is 0 Å². The molecule has 1 fully saturated rings. The van der Waals surface area contributed by atoms with Gasteiger partial charge < -0.3 is 10.2 Å². The molecule has 0 aromatic rings. The highest BCUT2D eigenvalue weighted by Crippen LogP contribution is 2.11. The van der Waals surface area contributed by atoms with Crippen LogP contribution < -0.4 is 5.32 Å². The quantitative estimate of drug-likeness (QED) is 0.619. The Kier molecular flexibility index (Phi) is 9.73. The van der Waals surface area contributed by atoms with Crippen molar-refractivity contribution in [3.8, 4) is 0 Å². The molecule has 1 atom stereocenters. The number of carbonyl (C=O) groups is 1. The van der Waals surface area contributed by atoms with E-state index in [1.165, 1.54) is 51.4 Å². The van der Waals surface area contributed by atoms with Crippen LogP contribution in [0.25, 0.3) is 0 Å². The highest BCUT2D eigenvalue weighted by Gasteiger charge is 2.18. The first-order valence-electron chi connectivity index (χ1n) is 8.79. The van der Waals surface area contributed by atoms with E-state index >= 15 is 0 Å². The van der Waals surface area contributed by atoms with E-state index in [-0.39, 0.29) is 0 Å².